The number of phosphoric acid groups is 1. The van der Waals surface area contributed by atoms with E-state index in [9.17, 15) is 19.4 Å². The number of amides is 1. The first-order valence-corrected chi connectivity index (χ1v) is 28.4. The summed E-state index contributed by atoms with van der Waals surface area (Å²) in [5.74, 6) is -0.137. The van der Waals surface area contributed by atoms with Crippen LogP contribution in [0.1, 0.15) is 277 Å². The van der Waals surface area contributed by atoms with Crippen molar-refractivity contribution >= 4 is 13.7 Å². The summed E-state index contributed by atoms with van der Waals surface area (Å²) in [5, 5.41) is 14.0. The second-order valence-electron chi connectivity index (χ2n) is 20.0. The quantitative estimate of drug-likeness (QED) is 0.0319. The first kappa shape index (κ1) is 60.5. The van der Waals surface area contributed by atoms with Gasteiger partial charge in [-0.2, -0.15) is 0 Å². The van der Waals surface area contributed by atoms with Crippen LogP contribution in [0.2, 0.25) is 0 Å². The minimum Gasteiger partial charge on any atom is -0.391 e. The number of aliphatic hydroxyl groups is 1. The summed E-state index contributed by atoms with van der Waals surface area (Å²) in [6.07, 6.45) is 51.4. The average molecular weight is 888 g/mol. The second kappa shape index (κ2) is 44.7. The highest BCUT2D eigenvalue weighted by molar-refractivity contribution is 7.47. The third kappa shape index (κ3) is 47.3. The zero-order chi connectivity index (χ0) is 45.0. The number of hydrogen-bond acceptors (Lipinski definition) is 5. The van der Waals surface area contributed by atoms with Crippen LogP contribution in [0.3, 0.4) is 0 Å². The topological polar surface area (TPSA) is 105 Å². The summed E-state index contributed by atoms with van der Waals surface area (Å²) < 4.78 is 23.7. The first-order chi connectivity index (χ1) is 29.5. The number of unbranched alkanes of at least 4 members (excludes halogenated alkanes) is 37. The van der Waals surface area contributed by atoms with Crippen molar-refractivity contribution in [1.29, 1.82) is 0 Å². The molecule has 0 aliphatic heterocycles. The highest BCUT2D eigenvalue weighted by Gasteiger charge is 2.28. The molecule has 0 radical (unpaired) electrons. The molecule has 3 atom stereocenters. The van der Waals surface area contributed by atoms with Gasteiger partial charge in [0, 0.05) is 6.42 Å². The van der Waals surface area contributed by atoms with E-state index in [0.29, 0.717) is 23.9 Å². The van der Waals surface area contributed by atoms with Gasteiger partial charge >= 0.3 is 7.82 Å². The molecule has 8 nitrogen and oxygen atoms in total. The third-order valence-corrected chi connectivity index (χ3v) is 13.6. The first-order valence-electron chi connectivity index (χ1n) is 26.9. The van der Waals surface area contributed by atoms with Gasteiger partial charge in [-0.05, 0) is 12.8 Å². The highest BCUT2D eigenvalue weighted by atomic mass is 31.2. The number of quaternary nitrogens is 1. The predicted octanol–water partition coefficient (Wildman–Crippen LogP) is 15.7. The van der Waals surface area contributed by atoms with E-state index in [1.807, 2.05) is 21.1 Å². The second-order valence-corrected chi connectivity index (χ2v) is 21.4. The number of aliphatic hydroxyl groups excluding tert-OH is 1. The van der Waals surface area contributed by atoms with Crippen LogP contribution in [0.4, 0.5) is 0 Å². The Kier molecular flexibility index (Phi) is 44.3. The van der Waals surface area contributed by atoms with Gasteiger partial charge in [0.25, 0.3) is 0 Å². The van der Waals surface area contributed by atoms with Crippen molar-refractivity contribution in [2.24, 2.45) is 0 Å². The lowest BCUT2D eigenvalue weighted by Crippen LogP contribution is -2.46. The molecule has 0 saturated carbocycles. The van der Waals surface area contributed by atoms with Crippen molar-refractivity contribution in [2.75, 3.05) is 40.9 Å². The number of rotatable bonds is 50. The minimum absolute atomic E-state index is 0.0790. The molecule has 0 rings (SSSR count). The lowest BCUT2D eigenvalue weighted by Gasteiger charge is -2.26. The molecule has 366 valence electrons. The van der Waals surface area contributed by atoms with Gasteiger partial charge < -0.3 is 19.8 Å². The largest absolute Gasteiger partial charge is 0.472 e. The minimum atomic E-state index is -4.31. The molecule has 0 aliphatic carbocycles. The van der Waals surface area contributed by atoms with E-state index in [0.717, 1.165) is 38.5 Å². The van der Waals surface area contributed by atoms with Gasteiger partial charge in [0.05, 0.1) is 39.9 Å². The van der Waals surface area contributed by atoms with Crippen LogP contribution >= 0.6 is 7.82 Å². The molecule has 0 spiro atoms. The van der Waals surface area contributed by atoms with Crippen molar-refractivity contribution in [1.82, 2.24) is 5.32 Å². The van der Waals surface area contributed by atoms with Crippen LogP contribution in [0, 0.1) is 0 Å². The number of carbonyl (C=O) groups is 1. The lowest BCUT2D eigenvalue weighted by molar-refractivity contribution is -0.870. The Balaban J connectivity index is 4.17. The summed E-state index contributed by atoms with van der Waals surface area (Å²) in [7, 11) is 1.63. The molecule has 0 aromatic rings. The molecule has 0 heterocycles. The highest BCUT2D eigenvalue weighted by Crippen LogP contribution is 2.43. The smallest absolute Gasteiger partial charge is 0.391 e. The molecule has 0 fully saturated rings. The Morgan fingerprint density at radius 1 is 0.492 bits per heavy atom. The molecule has 9 heteroatoms. The fraction of sp³-hybridized carbons (Fsp3) is 0.981. The van der Waals surface area contributed by atoms with Gasteiger partial charge in [0.15, 0.2) is 0 Å². The fourth-order valence-electron chi connectivity index (χ4n) is 8.34. The molecule has 0 aromatic carbocycles. The maximum Gasteiger partial charge on any atom is 0.472 e. The fourth-order valence-corrected chi connectivity index (χ4v) is 9.08. The number of nitrogens with zero attached hydrogens (tertiary/aromatic N) is 1. The molecule has 0 saturated heterocycles. The molecule has 1 amide bonds. The van der Waals surface area contributed by atoms with Gasteiger partial charge in [0.1, 0.15) is 13.2 Å². The Morgan fingerprint density at radius 3 is 1.10 bits per heavy atom. The van der Waals surface area contributed by atoms with Crippen LogP contribution in [0.25, 0.3) is 0 Å². The number of nitrogens with one attached hydrogen (secondary N) is 1. The van der Waals surface area contributed by atoms with Crippen molar-refractivity contribution < 1.29 is 32.9 Å². The zero-order valence-electron chi connectivity index (χ0n) is 41.7. The molecular formula is C52H108N2O6P+. The van der Waals surface area contributed by atoms with Gasteiger partial charge in [-0.25, -0.2) is 4.57 Å². The van der Waals surface area contributed by atoms with E-state index in [-0.39, 0.29) is 19.1 Å². The summed E-state index contributed by atoms with van der Waals surface area (Å²) in [6, 6.07) is -0.754. The van der Waals surface area contributed by atoms with Crippen LogP contribution in [-0.2, 0) is 18.4 Å². The number of carbonyl (C=O) groups excluding carboxylic acids is 1. The van der Waals surface area contributed by atoms with Crippen LogP contribution in [-0.4, -0.2) is 73.4 Å². The van der Waals surface area contributed by atoms with E-state index < -0.39 is 20.0 Å². The van der Waals surface area contributed by atoms with Gasteiger partial charge in [-0.3, -0.25) is 13.8 Å². The standard InChI is InChI=1S/C52H107N2O6P/c1-6-8-10-12-14-16-18-20-22-24-25-26-27-28-30-32-34-36-38-40-42-44-46-52(56)53-50(49-60-61(57,58)59-48-47-54(3,4)5)51(55)45-43-41-39-37-35-33-31-29-23-21-19-17-15-13-11-9-7-2/h50-51,55H,6-49H2,1-5H3,(H-,53,56,57,58)/p+1/t50-,51+/m0/s1. The SMILES string of the molecule is CCCCCCCCCCCCCCCCCCCCCCCCC(=O)N[C@@H](COP(=O)(O)OCC[N+](C)(C)C)[C@H](O)CCCCCCCCCCCCCCCCCCC. The number of likely N-dealkylation sites (N-methyl/N-ethyl adjacent to an activating group) is 1. The molecule has 0 aromatic heterocycles. The van der Waals surface area contributed by atoms with Crippen molar-refractivity contribution in [3.8, 4) is 0 Å². The van der Waals surface area contributed by atoms with Crippen molar-refractivity contribution in [3.63, 3.8) is 0 Å². The molecule has 0 aliphatic rings. The normalized spacial score (nSPS) is 14.0. The molecule has 0 bridgehead atoms. The third-order valence-electron chi connectivity index (χ3n) is 12.6. The van der Waals surface area contributed by atoms with Gasteiger partial charge in [-0.15, -0.1) is 0 Å². The maximum absolute atomic E-state index is 13.0. The summed E-state index contributed by atoms with van der Waals surface area (Å²) in [4.78, 5) is 23.3. The van der Waals surface area contributed by atoms with Crippen LogP contribution in [0.5, 0.6) is 0 Å². The predicted molar refractivity (Wildman–Crippen MR) is 263 cm³/mol. The molecule has 61 heavy (non-hydrogen) atoms. The Labute approximate surface area is 380 Å². The molecule has 1 unspecified atom stereocenters. The lowest BCUT2D eigenvalue weighted by atomic mass is 10.0. The average Bonchev–Trinajstić information content (AvgIpc) is 3.21. The van der Waals surface area contributed by atoms with E-state index >= 15 is 0 Å². The summed E-state index contributed by atoms with van der Waals surface area (Å²) in [5.41, 5.74) is 0. The number of hydrogen-bond donors (Lipinski definition) is 3. The van der Waals surface area contributed by atoms with Gasteiger partial charge in [0.2, 0.25) is 5.91 Å². The maximum atomic E-state index is 13.0. The van der Waals surface area contributed by atoms with Crippen molar-refractivity contribution in [2.45, 2.75) is 289 Å². The zero-order valence-corrected chi connectivity index (χ0v) is 42.6. The Hall–Kier alpha value is -0.500. The van der Waals surface area contributed by atoms with Gasteiger partial charge in [-0.1, -0.05) is 258 Å². The van der Waals surface area contributed by atoms with E-state index in [4.69, 9.17) is 9.05 Å². The summed E-state index contributed by atoms with van der Waals surface area (Å²) in [6.45, 7) is 4.94. The molecular weight excluding hydrogens is 780 g/mol. The van der Waals surface area contributed by atoms with E-state index in [2.05, 4.69) is 19.2 Å². The Bertz CT molecular complexity index is 963. The number of phosphoric ester groups is 1. The summed E-state index contributed by atoms with van der Waals surface area (Å²) >= 11 is 0. The van der Waals surface area contributed by atoms with E-state index in [1.165, 1.54) is 212 Å². The van der Waals surface area contributed by atoms with Crippen LogP contribution in [0.15, 0.2) is 0 Å². The van der Waals surface area contributed by atoms with Crippen molar-refractivity contribution in [3.05, 3.63) is 0 Å². The monoisotopic (exact) mass is 888 g/mol. The molecule has 3 N–H and O–H groups in total. The van der Waals surface area contributed by atoms with Crippen LogP contribution < -0.4 is 5.32 Å². The Morgan fingerprint density at radius 2 is 0.787 bits per heavy atom. The van der Waals surface area contributed by atoms with E-state index in [1.54, 1.807) is 0 Å².